The lowest BCUT2D eigenvalue weighted by atomic mass is 9.97. The van der Waals surface area contributed by atoms with Crippen LogP contribution in [0.15, 0.2) is 29.8 Å². The molecule has 1 aliphatic rings. The summed E-state index contributed by atoms with van der Waals surface area (Å²) in [5, 5.41) is 2.52. The second-order valence-electron chi connectivity index (χ2n) is 6.41. The van der Waals surface area contributed by atoms with Gasteiger partial charge in [0.25, 0.3) is 0 Å². The van der Waals surface area contributed by atoms with Crippen LogP contribution in [-0.4, -0.2) is 24.1 Å². The summed E-state index contributed by atoms with van der Waals surface area (Å²) in [4.78, 5) is 17.3. The maximum Gasteiger partial charge on any atom is 0.330 e. The molecule has 0 saturated carbocycles. The summed E-state index contributed by atoms with van der Waals surface area (Å²) in [6.07, 6.45) is 4.03. The first-order valence-corrected chi connectivity index (χ1v) is 7.65. The van der Waals surface area contributed by atoms with E-state index in [-0.39, 0.29) is 5.97 Å². The Morgan fingerprint density at radius 3 is 2.29 bits per heavy atom. The highest BCUT2D eigenvalue weighted by Gasteiger charge is 2.27. The molecule has 21 heavy (non-hydrogen) atoms. The minimum atomic E-state index is -0.459. The van der Waals surface area contributed by atoms with E-state index in [4.69, 9.17) is 16.4 Å². The summed E-state index contributed by atoms with van der Waals surface area (Å²) < 4.78 is 0. The Balaban J connectivity index is 1.88. The first kappa shape index (κ1) is 16.1. The lowest BCUT2D eigenvalue weighted by Gasteiger charge is -2.29. The average molecular weight is 308 g/mol. The van der Waals surface area contributed by atoms with Crippen LogP contribution in [0.1, 0.15) is 39.2 Å². The summed E-state index contributed by atoms with van der Waals surface area (Å²) in [6.45, 7) is 7.10. The van der Waals surface area contributed by atoms with Gasteiger partial charge >= 0.3 is 5.97 Å². The summed E-state index contributed by atoms with van der Waals surface area (Å²) in [7, 11) is 0. The number of hydrogen-bond donors (Lipinski definition) is 0. The largest absolute Gasteiger partial charge is 0.367 e. The smallest absolute Gasteiger partial charge is 0.330 e. The zero-order chi connectivity index (χ0) is 15.5. The van der Waals surface area contributed by atoms with Gasteiger partial charge in [-0.05, 0) is 51.3 Å². The SMILES string of the molecule is CC(C)(C)C(=O)ON1CCC(=Cc2ccc(Cl)cc2)CC1. The third-order valence-corrected chi connectivity index (χ3v) is 3.68. The van der Waals surface area contributed by atoms with Crippen LogP contribution >= 0.6 is 11.6 Å². The van der Waals surface area contributed by atoms with Crippen molar-refractivity contribution in [3.63, 3.8) is 0 Å². The predicted octanol–water partition coefficient (Wildman–Crippen LogP) is 4.32. The van der Waals surface area contributed by atoms with Gasteiger partial charge in [-0.1, -0.05) is 35.4 Å². The maximum atomic E-state index is 11.8. The molecule has 114 valence electrons. The van der Waals surface area contributed by atoms with E-state index in [0.717, 1.165) is 36.5 Å². The zero-order valence-electron chi connectivity index (χ0n) is 12.9. The van der Waals surface area contributed by atoms with E-state index in [1.807, 2.05) is 45.0 Å². The third-order valence-electron chi connectivity index (χ3n) is 3.43. The molecule has 1 saturated heterocycles. The lowest BCUT2D eigenvalue weighted by molar-refractivity contribution is -0.202. The van der Waals surface area contributed by atoms with Crippen molar-refractivity contribution in [1.82, 2.24) is 5.06 Å². The minimum Gasteiger partial charge on any atom is -0.367 e. The summed E-state index contributed by atoms with van der Waals surface area (Å²) in [5.41, 5.74) is 2.08. The van der Waals surface area contributed by atoms with Crippen molar-refractivity contribution in [2.75, 3.05) is 13.1 Å². The average Bonchev–Trinajstić information content (AvgIpc) is 2.42. The van der Waals surface area contributed by atoms with Crippen molar-refractivity contribution in [3.05, 3.63) is 40.4 Å². The molecule has 0 N–H and O–H groups in total. The van der Waals surface area contributed by atoms with E-state index >= 15 is 0 Å². The molecule has 0 unspecified atom stereocenters. The Bertz CT molecular complexity index is 519. The standard InChI is InChI=1S/C17H22ClNO2/c1-17(2,3)16(20)21-19-10-8-14(9-11-19)12-13-4-6-15(18)7-5-13/h4-7,12H,8-11H2,1-3H3. The molecule has 0 bridgehead atoms. The number of carbonyl (C=O) groups is 1. The van der Waals surface area contributed by atoms with E-state index in [9.17, 15) is 4.79 Å². The van der Waals surface area contributed by atoms with Gasteiger partial charge in [-0.25, -0.2) is 4.79 Å². The Labute approximate surface area is 131 Å². The number of hydrogen-bond acceptors (Lipinski definition) is 3. The van der Waals surface area contributed by atoms with E-state index in [1.54, 1.807) is 5.06 Å². The van der Waals surface area contributed by atoms with Crippen LogP contribution in [0, 0.1) is 5.41 Å². The van der Waals surface area contributed by atoms with Gasteiger partial charge in [0.1, 0.15) is 0 Å². The molecule has 0 atom stereocenters. The number of hydroxylamine groups is 2. The highest BCUT2D eigenvalue weighted by Crippen LogP contribution is 2.22. The summed E-state index contributed by atoms with van der Waals surface area (Å²) in [5.74, 6) is -0.173. The van der Waals surface area contributed by atoms with Crippen molar-refractivity contribution in [2.24, 2.45) is 5.41 Å². The second-order valence-corrected chi connectivity index (χ2v) is 6.85. The molecule has 1 aromatic carbocycles. The number of halogens is 1. The molecule has 2 rings (SSSR count). The molecule has 0 aromatic heterocycles. The maximum absolute atomic E-state index is 11.8. The zero-order valence-corrected chi connectivity index (χ0v) is 13.6. The van der Waals surface area contributed by atoms with Crippen molar-refractivity contribution in [2.45, 2.75) is 33.6 Å². The van der Waals surface area contributed by atoms with Gasteiger partial charge in [0.15, 0.2) is 0 Å². The Morgan fingerprint density at radius 1 is 1.19 bits per heavy atom. The van der Waals surface area contributed by atoms with E-state index in [2.05, 4.69) is 6.08 Å². The molecule has 1 heterocycles. The molecule has 0 aliphatic carbocycles. The van der Waals surface area contributed by atoms with E-state index in [1.165, 1.54) is 5.57 Å². The fourth-order valence-electron chi connectivity index (χ4n) is 2.06. The first-order valence-electron chi connectivity index (χ1n) is 7.27. The molecule has 4 heteroatoms. The lowest BCUT2D eigenvalue weighted by Crippen LogP contribution is -2.37. The Morgan fingerprint density at radius 2 is 1.76 bits per heavy atom. The number of rotatable bonds is 2. The normalized spacial score (nSPS) is 16.7. The molecule has 0 amide bonds. The quantitative estimate of drug-likeness (QED) is 0.815. The van der Waals surface area contributed by atoms with Crippen molar-refractivity contribution in [1.29, 1.82) is 0 Å². The molecule has 1 fully saturated rings. The topological polar surface area (TPSA) is 29.5 Å². The second kappa shape index (κ2) is 6.63. The fourth-order valence-corrected chi connectivity index (χ4v) is 2.18. The number of carbonyl (C=O) groups excluding carboxylic acids is 1. The highest BCUT2D eigenvalue weighted by atomic mass is 35.5. The number of piperidine rings is 1. The summed E-state index contributed by atoms with van der Waals surface area (Å²) in [6, 6.07) is 7.82. The molecular weight excluding hydrogens is 286 g/mol. The third kappa shape index (κ3) is 4.87. The van der Waals surface area contributed by atoms with Crippen LogP contribution in [0.4, 0.5) is 0 Å². The monoisotopic (exact) mass is 307 g/mol. The molecule has 0 spiro atoms. The van der Waals surface area contributed by atoms with Crippen LogP contribution in [0.2, 0.25) is 5.02 Å². The van der Waals surface area contributed by atoms with Gasteiger partial charge in [-0.3, -0.25) is 0 Å². The molecule has 3 nitrogen and oxygen atoms in total. The van der Waals surface area contributed by atoms with E-state index < -0.39 is 5.41 Å². The van der Waals surface area contributed by atoms with Gasteiger partial charge in [0.2, 0.25) is 0 Å². The van der Waals surface area contributed by atoms with Gasteiger partial charge < -0.3 is 4.84 Å². The number of benzene rings is 1. The van der Waals surface area contributed by atoms with Crippen molar-refractivity contribution < 1.29 is 9.63 Å². The van der Waals surface area contributed by atoms with Crippen LogP contribution in [0.5, 0.6) is 0 Å². The summed E-state index contributed by atoms with van der Waals surface area (Å²) >= 11 is 5.88. The van der Waals surface area contributed by atoms with Gasteiger partial charge in [0.05, 0.1) is 5.41 Å². The van der Waals surface area contributed by atoms with Gasteiger partial charge in [-0.15, -0.1) is 5.06 Å². The Hall–Kier alpha value is -1.32. The van der Waals surface area contributed by atoms with Gasteiger partial charge in [0, 0.05) is 18.1 Å². The minimum absolute atomic E-state index is 0.173. The molecule has 1 aromatic rings. The van der Waals surface area contributed by atoms with Crippen LogP contribution in [-0.2, 0) is 9.63 Å². The van der Waals surface area contributed by atoms with Gasteiger partial charge in [-0.2, -0.15) is 0 Å². The Kier molecular flexibility index (Phi) is 5.07. The van der Waals surface area contributed by atoms with E-state index in [0.29, 0.717) is 0 Å². The van der Waals surface area contributed by atoms with Crippen LogP contribution < -0.4 is 0 Å². The predicted molar refractivity (Wildman–Crippen MR) is 85.8 cm³/mol. The molecule has 0 radical (unpaired) electrons. The van der Waals surface area contributed by atoms with Crippen molar-refractivity contribution >= 4 is 23.6 Å². The first-order chi connectivity index (χ1) is 9.84. The van der Waals surface area contributed by atoms with Crippen LogP contribution in [0.3, 0.4) is 0 Å². The molecule has 1 aliphatic heterocycles. The fraction of sp³-hybridized carbons (Fsp3) is 0.471. The van der Waals surface area contributed by atoms with Crippen molar-refractivity contribution in [3.8, 4) is 0 Å². The van der Waals surface area contributed by atoms with Crippen LogP contribution in [0.25, 0.3) is 6.08 Å². The number of nitrogens with zero attached hydrogens (tertiary/aromatic N) is 1. The molecular formula is C17H22ClNO2. The highest BCUT2D eigenvalue weighted by molar-refractivity contribution is 6.30.